The SMILES string of the molecule is Cc1noc(-c2ccc(NC(=O)[C@H]3CC(=O)N(c4ccccc4)C3)cc2)n1. The largest absolute Gasteiger partial charge is 0.334 e. The third-order valence-corrected chi connectivity index (χ3v) is 4.49. The van der Waals surface area contributed by atoms with Crippen LogP contribution >= 0.6 is 0 Å². The molecular weight excluding hydrogens is 344 g/mol. The van der Waals surface area contributed by atoms with E-state index >= 15 is 0 Å². The zero-order valence-electron chi connectivity index (χ0n) is 14.8. The Morgan fingerprint density at radius 3 is 2.56 bits per heavy atom. The number of aryl methyl sites for hydroxylation is 1. The molecule has 0 radical (unpaired) electrons. The summed E-state index contributed by atoms with van der Waals surface area (Å²) >= 11 is 0. The molecule has 7 heteroatoms. The maximum atomic E-state index is 12.6. The second-order valence-corrected chi connectivity index (χ2v) is 6.45. The Morgan fingerprint density at radius 1 is 1.15 bits per heavy atom. The average Bonchev–Trinajstić information content (AvgIpc) is 3.29. The minimum atomic E-state index is -0.379. The van der Waals surface area contributed by atoms with Crippen LogP contribution in [-0.2, 0) is 9.59 Å². The molecule has 2 heterocycles. The molecule has 136 valence electrons. The van der Waals surface area contributed by atoms with E-state index in [-0.39, 0.29) is 24.2 Å². The van der Waals surface area contributed by atoms with Crippen LogP contribution in [0, 0.1) is 12.8 Å². The van der Waals surface area contributed by atoms with Crippen LogP contribution in [0.1, 0.15) is 12.2 Å². The van der Waals surface area contributed by atoms with Crippen LogP contribution in [0.5, 0.6) is 0 Å². The van der Waals surface area contributed by atoms with Gasteiger partial charge in [-0.25, -0.2) is 0 Å². The number of hydrogen-bond acceptors (Lipinski definition) is 5. The summed E-state index contributed by atoms with van der Waals surface area (Å²) in [6.45, 7) is 2.14. The number of aromatic nitrogens is 2. The number of hydrogen-bond donors (Lipinski definition) is 1. The molecule has 0 unspecified atom stereocenters. The van der Waals surface area contributed by atoms with Crippen LogP contribution in [0.2, 0.25) is 0 Å². The fraction of sp³-hybridized carbons (Fsp3) is 0.200. The van der Waals surface area contributed by atoms with Crippen molar-refractivity contribution < 1.29 is 14.1 Å². The predicted octanol–water partition coefficient (Wildman–Crippen LogP) is 3.04. The number of carbonyl (C=O) groups is 2. The summed E-state index contributed by atoms with van der Waals surface area (Å²) in [4.78, 5) is 30.7. The van der Waals surface area contributed by atoms with Crippen molar-refractivity contribution in [1.82, 2.24) is 10.1 Å². The van der Waals surface area contributed by atoms with E-state index in [2.05, 4.69) is 15.5 Å². The first-order valence-electron chi connectivity index (χ1n) is 8.67. The van der Waals surface area contributed by atoms with E-state index in [9.17, 15) is 9.59 Å². The van der Waals surface area contributed by atoms with Gasteiger partial charge in [0, 0.05) is 29.9 Å². The molecule has 0 spiro atoms. The van der Waals surface area contributed by atoms with Gasteiger partial charge in [-0.05, 0) is 43.3 Å². The van der Waals surface area contributed by atoms with Crippen molar-refractivity contribution in [1.29, 1.82) is 0 Å². The van der Waals surface area contributed by atoms with Crippen molar-refractivity contribution in [2.24, 2.45) is 5.92 Å². The number of para-hydroxylation sites is 1. The Morgan fingerprint density at radius 2 is 1.89 bits per heavy atom. The molecule has 4 rings (SSSR count). The van der Waals surface area contributed by atoms with E-state index in [1.807, 2.05) is 30.3 Å². The standard InChI is InChI=1S/C20H18N4O3/c1-13-21-20(27-23-13)14-7-9-16(10-8-14)22-19(26)15-11-18(25)24(12-15)17-5-3-2-4-6-17/h2-10,15H,11-12H2,1H3,(H,22,26)/t15-/m0/s1. The number of rotatable bonds is 4. The maximum absolute atomic E-state index is 12.6. The molecule has 1 aliphatic rings. The molecule has 2 amide bonds. The molecule has 27 heavy (non-hydrogen) atoms. The normalized spacial score (nSPS) is 16.6. The Hall–Kier alpha value is -3.48. The molecule has 1 aliphatic heterocycles. The topological polar surface area (TPSA) is 88.3 Å². The highest BCUT2D eigenvalue weighted by Crippen LogP contribution is 2.26. The zero-order valence-corrected chi connectivity index (χ0v) is 14.8. The highest BCUT2D eigenvalue weighted by molar-refractivity contribution is 6.03. The van der Waals surface area contributed by atoms with Crippen molar-refractivity contribution in [2.75, 3.05) is 16.8 Å². The van der Waals surface area contributed by atoms with Gasteiger partial charge in [-0.15, -0.1) is 0 Å². The molecule has 1 saturated heterocycles. The zero-order chi connectivity index (χ0) is 18.8. The Balaban J connectivity index is 1.41. The lowest BCUT2D eigenvalue weighted by molar-refractivity contribution is -0.122. The van der Waals surface area contributed by atoms with Gasteiger partial charge in [-0.3, -0.25) is 9.59 Å². The lowest BCUT2D eigenvalue weighted by atomic mass is 10.1. The minimum absolute atomic E-state index is 0.0385. The predicted molar refractivity (Wildman–Crippen MR) is 100 cm³/mol. The third kappa shape index (κ3) is 3.57. The monoisotopic (exact) mass is 362 g/mol. The van der Waals surface area contributed by atoms with Gasteiger partial charge in [0.15, 0.2) is 5.82 Å². The van der Waals surface area contributed by atoms with Crippen molar-refractivity contribution in [3.8, 4) is 11.5 Å². The number of anilines is 2. The fourth-order valence-corrected chi connectivity index (χ4v) is 3.10. The lowest BCUT2D eigenvalue weighted by Gasteiger charge is -2.16. The van der Waals surface area contributed by atoms with E-state index in [0.717, 1.165) is 11.3 Å². The van der Waals surface area contributed by atoms with Crippen molar-refractivity contribution >= 4 is 23.2 Å². The molecule has 7 nitrogen and oxygen atoms in total. The van der Waals surface area contributed by atoms with E-state index in [1.54, 1.807) is 36.1 Å². The number of benzene rings is 2. The molecule has 2 aromatic carbocycles. The summed E-state index contributed by atoms with van der Waals surface area (Å²) in [7, 11) is 0. The summed E-state index contributed by atoms with van der Waals surface area (Å²) in [6, 6.07) is 16.6. The van der Waals surface area contributed by atoms with Gasteiger partial charge in [0.25, 0.3) is 5.89 Å². The van der Waals surface area contributed by atoms with Gasteiger partial charge in [0.05, 0.1) is 5.92 Å². The minimum Gasteiger partial charge on any atom is -0.334 e. The Labute approximate surface area is 156 Å². The molecular formula is C20H18N4O3. The smallest absolute Gasteiger partial charge is 0.257 e. The molecule has 1 atom stereocenters. The Bertz CT molecular complexity index is 966. The first-order valence-corrected chi connectivity index (χ1v) is 8.67. The van der Waals surface area contributed by atoms with Crippen LogP contribution in [0.3, 0.4) is 0 Å². The van der Waals surface area contributed by atoms with Crippen LogP contribution in [0.25, 0.3) is 11.5 Å². The number of nitrogens with zero attached hydrogens (tertiary/aromatic N) is 3. The van der Waals surface area contributed by atoms with Gasteiger partial charge >= 0.3 is 0 Å². The van der Waals surface area contributed by atoms with Crippen LogP contribution < -0.4 is 10.2 Å². The van der Waals surface area contributed by atoms with Crippen LogP contribution in [0.15, 0.2) is 59.1 Å². The van der Waals surface area contributed by atoms with Gasteiger partial charge in [-0.2, -0.15) is 4.98 Å². The van der Waals surface area contributed by atoms with Crippen LogP contribution in [0.4, 0.5) is 11.4 Å². The first kappa shape index (κ1) is 17.0. The first-order chi connectivity index (χ1) is 13.1. The van der Waals surface area contributed by atoms with E-state index in [1.165, 1.54) is 0 Å². The van der Waals surface area contributed by atoms with Gasteiger partial charge in [-0.1, -0.05) is 23.4 Å². The fourth-order valence-electron chi connectivity index (χ4n) is 3.10. The summed E-state index contributed by atoms with van der Waals surface area (Å²) < 4.78 is 5.13. The summed E-state index contributed by atoms with van der Waals surface area (Å²) in [6.07, 6.45) is 0.208. The highest BCUT2D eigenvalue weighted by Gasteiger charge is 2.35. The lowest BCUT2D eigenvalue weighted by Crippen LogP contribution is -2.28. The number of amides is 2. The summed E-state index contributed by atoms with van der Waals surface area (Å²) in [5.41, 5.74) is 2.25. The molecule has 1 fully saturated rings. The van der Waals surface area contributed by atoms with Crippen molar-refractivity contribution in [3.63, 3.8) is 0 Å². The van der Waals surface area contributed by atoms with Crippen molar-refractivity contribution in [3.05, 3.63) is 60.4 Å². The second kappa shape index (κ2) is 7.03. The summed E-state index contributed by atoms with van der Waals surface area (Å²) in [5, 5.41) is 6.64. The maximum Gasteiger partial charge on any atom is 0.257 e. The van der Waals surface area contributed by atoms with Gasteiger partial charge in [0.1, 0.15) is 0 Å². The third-order valence-electron chi connectivity index (χ3n) is 4.49. The van der Waals surface area contributed by atoms with Gasteiger partial charge < -0.3 is 14.7 Å². The average molecular weight is 362 g/mol. The molecule has 0 aliphatic carbocycles. The summed E-state index contributed by atoms with van der Waals surface area (Å²) in [5.74, 6) is 0.420. The molecule has 1 aromatic heterocycles. The number of carbonyl (C=O) groups excluding carboxylic acids is 2. The van der Waals surface area contributed by atoms with E-state index in [0.29, 0.717) is 23.9 Å². The van der Waals surface area contributed by atoms with Crippen molar-refractivity contribution in [2.45, 2.75) is 13.3 Å². The molecule has 0 bridgehead atoms. The Kier molecular flexibility index (Phi) is 4.42. The van der Waals surface area contributed by atoms with E-state index in [4.69, 9.17) is 4.52 Å². The molecule has 1 N–H and O–H groups in total. The molecule has 0 saturated carbocycles. The molecule has 3 aromatic rings. The van der Waals surface area contributed by atoms with Gasteiger partial charge in [0.2, 0.25) is 11.8 Å². The number of nitrogens with one attached hydrogen (secondary N) is 1. The van der Waals surface area contributed by atoms with E-state index < -0.39 is 0 Å². The quantitative estimate of drug-likeness (QED) is 0.771. The van der Waals surface area contributed by atoms with Crippen LogP contribution in [-0.4, -0.2) is 28.5 Å². The highest BCUT2D eigenvalue weighted by atomic mass is 16.5. The second-order valence-electron chi connectivity index (χ2n) is 6.45.